The molecular formula is C20H25BN2O4. The molecule has 0 fully saturated rings. The molecule has 2 aromatic rings. The maximum atomic E-state index is 12.4. The van der Waals surface area contributed by atoms with Crippen molar-refractivity contribution in [3.63, 3.8) is 0 Å². The van der Waals surface area contributed by atoms with E-state index in [1.54, 1.807) is 0 Å². The van der Waals surface area contributed by atoms with Crippen molar-refractivity contribution in [2.45, 2.75) is 45.2 Å². The Labute approximate surface area is 159 Å². The molecule has 7 heteroatoms. The number of rotatable bonds is 7. The van der Waals surface area contributed by atoms with Crippen LogP contribution in [0.15, 0.2) is 47.6 Å². The number of carbonyl (C=O) groups excluding carboxylic acids is 1. The molecule has 1 unspecified atom stereocenters. The maximum Gasteiger partial charge on any atom is 0.475 e. The highest BCUT2D eigenvalue weighted by Gasteiger charge is 2.33. The largest absolute Gasteiger partial charge is 0.475 e. The van der Waals surface area contributed by atoms with Crippen LogP contribution in [-0.2, 0) is 16.1 Å². The summed E-state index contributed by atoms with van der Waals surface area (Å²) < 4.78 is 0. The molecular weight excluding hydrogens is 343 g/mol. The first kappa shape index (κ1) is 19.4. The quantitative estimate of drug-likeness (QED) is 0.653. The Morgan fingerprint density at radius 3 is 2.70 bits per heavy atom. The van der Waals surface area contributed by atoms with E-state index in [2.05, 4.69) is 40.8 Å². The molecule has 0 saturated carbocycles. The lowest BCUT2D eigenvalue weighted by molar-refractivity contribution is -0.131. The van der Waals surface area contributed by atoms with Crippen molar-refractivity contribution in [1.29, 1.82) is 0 Å². The van der Waals surface area contributed by atoms with Crippen LogP contribution >= 0.6 is 0 Å². The Bertz CT molecular complexity index is 838. The van der Waals surface area contributed by atoms with Crippen LogP contribution < -0.4 is 5.32 Å². The van der Waals surface area contributed by atoms with Gasteiger partial charge in [0.15, 0.2) is 0 Å². The molecule has 3 N–H and O–H groups in total. The summed E-state index contributed by atoms with van der Waals surface area (Å²) in [6.45, 7) is 3.91. The molecule has 0 bridgehead atoms. The predicted molar refractivity (Wildman–Crippen MR) is 106 cm³/mol. The van der Waals surface area contributed by atoms with Gasteiger partial charge >= 0.3 is 7.12 Å². The second-order valence-electron chi connectivity index (χ2n) is 7.47. The number of carbonyl (C=O) groups is 1. The predicted octanol–water partition coefficient (Wildman–Crippen LogP) is 2.07. The summed E-state index contributed by atoms with van der Waals surface area (Å²) in [7, 11) is -1.60. The summed E-state index contributed by atoms with van der Waals surface area (Å²) in [6.07, 6.45) is 0.760. The van der Waals surface area contributed by atoms with E-state index in [-0.39, 0.29) is 11.8 Å². The van der Waals surface area contributed by atoms with E-state index >= 15 is 0 Å². The first-order valence-corrected chi connectivity index (χ1v) is 9.28. The minimum atomic E-state index is -1.60. The maximum absolute atomic E-state index is 12.4. The van der Waals surface area contributed by atoms with E-state index < -0.39 is 19.2 Å². The SMILES string of the molecule is CC(C)C[C@H](NC(=O)C1CC(Cc2ccc3ccccc3c2)=NO1)B(O)O. The van der Waals surface area contributed by atoms with Crippen molar-refractivity contribution in [2.24, 2.45) is 11.1 Å². The van der Waals surface area contributed by atoms with Crippen molar-refractivity contribution in [3.05, 3.63) is 48.0 Å². The van der Waals surface area contributed by atoms with E-state index in [1.807, 2.05) is 26.0 Å². The standard InChI is InChI=1S/C20H25BN2O4/c1-13(2)9-19(21(25)26)22-20(24)18-12-17(23-27-18)11-14-7-8-15-5-3-4-6-16(15)10-14/h3-8,10,13,18-19,25-26H,9,11-12H2,1-2H3,(H,22,24)/t18?,19-/m0/s1. The molecule has 0 radical (unpaired) electrons. The van der Waals surface area contributed by atoms with Crippen LogP contribution in [0.2, 0.25) is 0 Å². The van der Waals surface area contributed by atoms with Gasteiger partial charge in [-0.05, 0) is 28.7 Å². The fourth-order valence-electron chi connectivity index (χ4n) is 3.29. The van der Waals surface area contributed by atoms with Gasteiger partial charge in [0.1, 0.15) is 0 Å². The van der Waals surface area contributed by atoms with Gasteiger partial charge in [0.25, 0.3) is 5.91 Å². The van der Waals surface area contributed by atoms with E-state index in [0.717, 1.165) is 16.7 Å². The van der Waals surface area contributed by atoms with Gasteiger partial charge in [-0.2, -0.15) is 0 Å². The van der Waals surface area contributed by atoms with Crippen molar-refractivity contribution < 1.29 is 19.7 Å². The van der Waals surface area contributed by atoms with Crippen LogP contribution in [0.3, 0.4) is 0 Å². The van der Waals surface area contributed by atoms with Crippen molar-refractivity contribution in [2.75, 3.05) is 0 Å². The molecule has 3 rings (SSSR count). The van der Waals surface area contributed by atoms with Crippen molar-refractivity contribution >= 4 is 29.5 Å². The van der Waals surface area contributed by atoms with Crippen LogP contribution in [0.4, 0.5) is 0 Å². The third-order valence-corrected chi connectivity index (χ3v) is 4.66. The van der Waals surface area contributed by atoms with Crippen LogP contribution in [-0.4, -0.2) is 40.8 Å². The highest BCUT2D eigenvalue weighted by molar-refractivity contribution is 6.43. The fourth-order valence-corrected chi connectivity index (χ4v) is 3.29. The summed E-state index contributed by atoms with van der Waals surface area (Å²) in [5.74, 6) is -0.863. The van der Waals surface area contributed by atoms with Gasteiger partial charge in [-0.1, -0.05) is 61.5 Å². The molecule has 1 aliphatic rings. The Kier molecular flexibility index (Phi) is 6.13. The summed E-state index contributed by atoms with van der Waals surface area (Å²) in [6, 6.07) is 14.4. The summed E-state index contributed by atoms with van der Waals surface area (Å²) in [4.78, 5) is 17.7. The number of nitrogens with one attached hydrogen (secondary N) is 1. The second kappa shape index (κ2) is 8.54. The van der Waals surface area contributed by atoms with Gasteiger partial charge in [0.05, 0.1) is 11.7 Å². The highest BCUT2D eigenvalue weighted by Crippen LogP contribution is 2.19. The van der Waals surface area contributed by atoms with Gasteiger partial charge in [-0.3, -0.25) is 4.79 Å². The first-order chi connectivity index (χ1) is 12.9. The van der Waals surface area contributed by atoms with E-state index in [0.29, 0.717) is 19.3 Å². The average molecular weight is 368 g/mol. The van der Waals surface area contributed by atoms with E-state index in [4.69, 9.17) is 4.84 Å². The molecule has 2 atom stereocenters. The van der Waals surface area contributed by atoms with Gasteiger partial charge in [0, 0.05) is 12.8 Å². The zero-order valence-electron chi connectivity index (χ0n) is 15.6. The van der Waals surface area contributed by atoms with Gasteiger partial charge in [-0.15, -0.1) is 0 Å². The molecule has 142 valence electrons. The molecule has 6 nitrogen and oxygen atoms in total. The molecule has 1 aliphatic heterocycles. The second-order valence-corrected chi connectivity index (χ2v) is 7.47. The van der Waals surface area contributed by atoms with E-state index in [9.17, 15) is 14.8 Å². The number of oxime groups is 1. The fraction of sp³-hybridized carbons (Fsp3) is 0.400. The number of amides is 1. The Morgan fingerprint density at radius 1 is 1.26 bits per heavy atom. The third kappa shape index (κ3) is 5.08. The zero-order valence-corrected chi connectivity index (χ0v) is 15.6. The summed E-state index contributed by atoms with van der Waals surface area (Å²) >= 11 is 0. The molecule has 1 amide bonds. The lowest BCUT2D eigenvalue weighted by atomic mass is 9.75. The van der Waals surface area contributed by atoms with Crippen LogP contribution in [0, 0.1) is 5.92 Å². The first-order valence-electron chi connectivity index (χ1n) is 9.28. The van der Waals surface area contributed by atoms with Crippen LogP contribution in [0.25, 0.3) is 10.8 Å². The van der Waals surface area contributed by atoms with Gasteiger partial charge in [-0.25, -0.2) is 0 Å². The topological polar surface area (TPSA) is 91.2 Å². The molecule has 0 aliphatic carbocycles. The summed E-state index contributed by atoms with van der Waals surface area (Å²) in [5, 5.41) is 28.0. The monoisotopic (exact) mass is 368 g/mol. The molecule has 0 saturated heterocycles. The van der Waals surface area contributed by atoms with Crippen molar-refractivity contribution in [1.82, 2.24) is 5.32 Å². The van der Waals surface area contributed by atoms with Gasteiger partial charge < -0.3 is 20.2 Å². The van der Waals surface area contributed by atoms with E-state index in [1.165, 1.54) is 5.39 Å². The Morgan fingerprint density at radius 2 is 2.00 bits per heavy atom. The van der Waals surface area contributed by atoms with Crippen LogP contribution in [0.5, 0.6) is 0 Å². The molecule has 27 heavy (non-hydrogen) atoms. The summed E-state index contributed by atoms with van der Waals surface area (Å²) in [5.41, 5.74) is 1.91. The Balaban J connectivity index is 1.57. The molecule has 0 aromatic heterocycles. The molecule has 1 heterocycles. The minimum absolute atomic E-state index is 0.223. The Hall–Kier alpha value is -2.38. The number of hydrogen-bond acceptors (Lipinski definition) is 5. The molecule has 0 spiro atoms. The zero-order chi connectivity index (χ0) is 19.4. The number of fused-ring (bicyclic) bond motifs is 1. The molecule has 2 aromatic carbocycles. The van der Waals surface area contributed by atoms with Crippen molar-refractivity contribution in [3.8, 4) is 0 Å². The smallest absolute Gasteiger partial charge is 0.426 e. The highest BCUT2D eigenvalue weighted by atomic mass is 16.6. The lowest BCUT2D eigenvalue weighted by Gasteiger charge is -2.20. The van der Waals surface area contributed by atoms with Gasteiger partial charge in [0.2, 0.25) is 6.10 Å². The lowest BCUT2D eigenvalue weighted by Crippen LogP contribution is -2.50. The normalized spacial score (nSPS) is 17.5. The average Bonchev–Trinajstić information content (AvgIpc) is 3.09. The number of hydrogen-bond donors (Lipinski definition) is 3. The minimum Gasteiger partial charge on any atom is -0.426 e. The van der Waals surface area contributed by atoms with Crippen LogP contribution in [0.1, 0.15) is 32.3 Å². The number of nitrogens with zero attached hydrogens (tertiary/aromatic N) is 1. The number of benzene rings is 2. The third-order valence-electron chi connectivity index (χ3n) is 4.66.